The van der Waals surface area contributed by atoms with Crippen LogP contribution in [0.15, 0.2) is 35.1 Å². The summed E-state index contributed by atoms with van der Waals surface area (Å²) in [6.45, 7) is 0. The fraction of sp³-hybridized carbons (Fsp3) is 0.0833. The van der Waals surface area contributed by atoms with Gasteiger partial charge in [-0.15, -0.1) is 11.6 Å². The lowest BCUT2D eigenvalue weighted by molar-refractivity contribution is 0.467. The maximum Gasteiger partial charge on any atom is 0.150 e. The van der Waals surface area contributed by atoms with E-state index in [1.54, 1.807) is 12.3 Å². The molecule has 2 nitrogen and oxygen atoms in total. The number of aromatic nitrogens is 1. The van der Waals surface area contributed by atoms with E-state index in [9.17, 15) is 4.39 Å². The molecule has 6 heteroatoms. The molecule has 0 saturated heterocycles. The molecule has 94 valence electrons. The predicted octanol–water partition coefficient (Wildman–Crippen LogP) is 5.17. The maximum atomic E-state index is 13.4. The zero-order chi connectivity index (χ0) is 13.1. The molecule has 2 rings (SSSR count). The molecule has 1 aromatic carbocycles. The van der Waals surface area contributed by atoms with Crippen LogP contribution in [0.1, 0.15) is 5.56 Å². The molecule has 0 unspecified atom stereocenters. The molecule has 0 aliphatic heterocycles. The molecule has 0 aliphatic rings. The molecule has 0 atom stereocenters. The standard InChI is InChI=1S/C12H7BrCl2FNO/c13-8-3-9(15)10(16)4-11(8)18-12-6-17-2-1-7(12)5-14/h1-4,6H,5H2. The van der Waals surface area contributed by atoms with E-state index in [0.29, 0.717) is 16.0 Å². The van der Waals surface area contributed by atoms with Crippen LogP contribution in [0.2, 0.25) is 5.02 Å². The Kier molecular flexibility index (Phi) is 4.43. The monoisotopic (exact) mass is 349 g/mol. The average Bonchev–Trinajstić information content (AvgIpc) is 2.36. The van der Waals surface area contributed by atoms with Crippen molar-refractivity contribution in [3.05, 3.63) is 51.5 Å². The van der Waals surface area contributed by atoms with Crippen LogP contribution in [-0.2, 0) is 5.88 Å². The van der Waals surface area contributed by atoms with E-state index in [2.05, 4.69) is 20.9 Å². The van der Waals surface area contributed by atoms with Gasteiger partial charge in [-0.3, -0.25) is 4.98 Å². The molecular weight excluding hydrogens is 344 g/mol. The van der Waals surface area contributed by atoms with Gasteiger partial charge in [0, 0.05) is 17.8 Å². The van der Waals surface area contributed by atoms with E-state index in [1.807, 2.05) is 0 Å². The van der Waals surface area contributed by atoms with E-state index in [-0.39, 0.29) is 10.9 Å². The van der Waals surface area contributed by atoms with Crippen molar-refractivity contribution >= 4 is 39.1 Å². The Morgan fingerprint density at radius 3 is 2.83 bits per heavy atom. The summed E-state index contributed by atoms with van der Waals surface area (Å²) < 4.78 is 19.5. The van der Waals surface area contributed by atoms with Crippen LogP contribution in [0.4, 0.5) is 4.39 Å². The number of rotatable bonds is 3. The first-order valence-corrected chi connectivity index (χ1v) is 6.63. The van der Waals surface area contributed by atoms with Gasteiger partial charge in [0.1, 0.15) is 17.3 Å². The lowest BCUT2D eigenvalue weighted by atomic mass is 10.3. The van der Waals surface area contributed by atoms with Gasteiger partial charge in [0.05, 0.1) is 21.6 Å². The molecule has 0 spiro atoms. The first kappa shape index (κ1) is 13.6. The van der Waals surface area contributed by atoms with Crippen molar-refractivity contribution in [3.63, 3.8) is 0 Å². The van der Waals surface area contributed by atoms with Gasteiger partial charge < -0.3 is 4.74 Å². The fourth-order valence-corrected chi connectivity index (χ4v) is 2.25. The molecular formula is C12H7BrCl2FNO. The maximum absolute atomic E-state index is 13.4. The first-order valence-electron chi connectivity index (χ1n) is 4.93. The molecule has 0 N–H and O–H groups in total. The molecule has 0 bridgehead atoms. The van der Waals surface area contributed by atoms with Gasteiger partial charge in [0.15, 0.2) is 0 Å². The van der Waals surface area contributed by atoms with Crippen molar-refractivity contribution in [2.24, 2.45) is 0 Å². The topological polar surface area (TPSA) is 22.1 Å². The van der Waals surface area contributed by atoms with E-state index < -0.39 is 5.82 Å². The summed E-state index contributed by atoms with van der Waals surface area (Å²) in [4.78, 5) is 3.94. The van der Waals surface area contributed by atoms with Crippen LogP contribution in [0.25, 0.3) is 0 Å². The van der Waals surface area contributed by atoms with Gasteiger partial charge in [-0.2, -0.15) is 0 Å². The lowest BCUT2D eigenvalue weighted by Gasteiger charge is -2.10. The fourth-order valence-electron chi connectivity index (χ4n) is 1.31. The molecule has 1 aromatic heterocycles. The number of ether oxygens (including phenoxy) is 1. The molecule has 1 heterocycles. The first-order chi connectivity index (χ1) is 8.61. The second-order valence-corrected chi connectivity index (χ2v) is 4.94. The quantitative estimate of drug-likeness (QED) is 0.563. The van der Waals surface area contributed by atoms with Gasteiger partial charge in [0.2, 0.25) is 0 Å². The van der Waals surface area contributed by atoms with Crippen LogP contribution < -0.4 is 4.74 Å². The minimum atomic E-state index is -0.550. The minimum absolute atomic E-state index is 0.0259. The van der Waals surface area contributed by atoms with E-state index in [4.69, 9.17) is 27.9 Å². The molecule has 18 heavy (non-hydrogen) atoms. The summed E-state index contributed by atoms with van der Waals surface area (Å²) >= 11 is 14.7. The molecule has 0 radical (unpaired) electrons. The number of halogens is 4. The number of hydrogen-bond acceptors (Lipinski definition) is 2. The summed E-state index contributed by atoms with van der Waals surface area (Å²) in [6, 6.07) is 4.38. The number of nitrogens with zero attached hydrogens (tertiary/aromatic N) is 1. The Hall–Kier alpha value is -0.840. The molecule has 0 saturated carbocycles. The Balaban J connectivity index is 2.37. The number of hydrogen-bond donors (Lipinski definition) is 0. The van der Waals surface area contributed by atoms with E-state index in [0.717, 1.165) is 5.56 Å². The number of pyridine rings is 1. The SMILES string of the molecule is Fc1cc(Oc2cnccc2CCl)c(Br)cc1Cl. The Morgan fingerprint density at radius 1 is 1.33 bits per heavy atom. The van der Waals surface area contributed by atoms with Crippen LogP contribution in [-0.4, -0.2) is 4.98 Å². The predicted molar refractivity (Wildman–Crippen MR) is 73.0 cm³/mol. The van der Waals surface area contributed by atoms with Gasteiger partial charge >= 0.3 is 0 Å². The second kappa shape index (κ2) is 5.87. The van der Waals surface area contributed by atoms with E-state index >= 15 is 0 Å². The van der Waals surface area contributed by atoms with Gasteiger partial charge in [-0.05, 0) is 28.1 Å². The number of benzene rings is 1. The highest BCUT2D eigenvalue weighted by molar-refractivity contribution is 9.10. The highest BCUT2D eigenvalue weighted by Gasteiger charge is 2.11. The second-order valence-electron chi connectivity index (χ2n) is 3.42. The normalized spacial score (nSPS) is 10.4. The largest absolute Gasteiger partial charge is 0.454 e. The van der Waals surface area contributed by atoms with Crippen LogP contribution in [0, 0.1) is 5.82 Å². The summed E-state index contributed by atoms with van der Waals surface area (Å²) in [5.74, 6) is 0.531. The van der Waals surface area contributed by atoms with Crippen LogP contribution >= 0.6 is 39.1 Å². The summed E-state index contributed by atoms with van der Waals surface area (Å²) in [6.07, 6.45) is 3.14. The summed E-state index contributed by atoms with van der Waals surface area (Å²) in [5, 5.41) is 0.0259. The van der Waals surface area contributed by atoms with Gasteiger partial charge in [0.25, 0.3) is 0 Å². The van der Waals surface area contributed by atoms with Gasteiger partial charge in [-0.1, -0.05) is 11.6 Å². The highest BCUT2D eigenvalue weighted by Crippen LogP contribution is 2.34. The molecule has 0 fully saturated rings. The minimum Gasteiger partial charge on any atom is -0.454 e. The van der Waals surface area contributed by atoms with Crippen LogP contribution in [0.3, 0.4) is 0 Å². The Labute approximate surface area is 122 Å². The van der Waals surface area contributed by atoms with Crippen molar-refractivity contribution in [1.82, 2.24) is 4.98 Å². The van der Waals surface area contributed by atoms with Crippen LogP contribution in [0.5, 0.6) is 11.5 Å². The average molecular weight is 351 g/mol. The lowest BCUT2D eigenvalue weighted by Crippen LogP contribution is -1.92. The van der Waals surface area contributed by atoms with Crippen molar-refractivity contribution in [1.29, 1.82) is 0 Å². The zero-order valence-electron chi connectivity index (χ0n) is 8.96. The Bertz CT molecular complexity index is 580. The molecule has 0 amide bonds. The highest BCUT2D eigenvalue weighted by atomic mass is 79.9. The number of alkyl halides is 1. The summed E-state index contributed by atoms with van der Waals surface area (Å²) in [5.41, 5.74) is 0.772. The van der Waals surface area contributed by atoms with Crippen molar-refractivity contribution in [2.75, 3.05) is 0 Å². The third-order valence-corrected chi connectivity index (χ3v) is 3.41. The van der Waals surface area contributed by atoms with Crippen molar-refractivity contribution < 1.29 is 9.13 Å². The van der Waals surface area contributed by atoms with Gasteiger partial charge in [-0.25, -0.2) is 4.39 Å². The summed E-state index contributed by atoms with van der Waals surface area (Å²) in [7, 11) is 0. The Morgan fingerprint density at radius 2 is 2.11 bits per heavy atom. The van der Waals surface area contributed by atoms with Crippen molar-refractivity contribution in [2.45, 2.75) is 5.88 Å². The molecule has 0 aliphatic carbocycles. The molecule has 2 aromatic rings. The van der Waals surface area contributed by atoms with E-state index in [1.165, 1.54) is 18.3 Å². The van der Waals surface area contributed by atoms with Crippen molar-refractivity contribution in [3.8, 4) is 11.5 Å². The smallest absolute Gasteiger partial charge is 0.150 e. The zero-order valence-corrected chi connectivity index (χ0v) is 12.1. The third kappa shape index (κ3) is 2.94. The third-order valence-electron chi connectivity index (χ3n) is 2.21.